The van der Waals surface area contributed by atoms with Crippen LogP contribution in [0.2, 0.25) is 5.02 Å². The number of aromatic nitrogens is 4. The minimum atomic E-state index is -0.246. The minimum Gasteiger partial charge on any atom is -0.490 e. The van der Waals surface area contributed by atoms with Crippen LogP contribution in [0.25, 0.3) is 11.3 Å². The Bertz CT molecular complexity index is 2530. The summed E-state index contributed by atoms with van der Waals surface area (Å²) in [5.41, 5.74) is 8.59. The maximum absolute atomic E-state index is 13.0. The highest BCUT2D eigenvalue weighted by atomic mass is 35.5. The van der Waals surface area contributed by atoms with Crippen molar-refractivity contribution in [1.29, 1.82) is 10.5 Å². The van der Waals surface area contributed by atoms with Gasteiger partial charge in [0.1, 0.15) is 11.8 Å². The van der Waals surface area contributed by atoms with Crippen LogP contribution in [0.4, 0.5) is 11.5 Å². The Morgan fingerprint density at radius 1 is 0.902 bits per heavy atom. The van der Waals surface area contributed by atoms with Gasteiger partial charge in [0.2, 0.25) is 5.91 Å². The van der Waals surface area contributed by atoms with E-state index in [9.17, 15) is 14.9 Å². The molecule has 4 heterocycles. The lowest BCUT2D eigenvalue weighted by Gasteiger charge is -2.37. The predicted octanol–water partition coefficient (Wildman–Crippen LogP) is 7.77. The summed E-state index contributed by atoms with van der Waals surface area (Å²) in [5, 5.41) is 35.9. The van der Waals surface area contributed by atoms with Crippen molar-refractivity contribution in [3.63, 3.8) is 0 Å². The molecule has 2 amide bonds. The fourth-order valence-electron chi connectivity index (χ4n) is 9.01. The molecule has 9 rings (SSSR count). The molecule has 0 atom stereocenters. The fraction of sp³-hybridized carbons (Fsp3) is 0.383. The molecule has 14 heteroatoms. The monoisotopic (exact) mass is 835 g/mol. The molecular formula is C47H46ClN9O4. The van der Waals surface area contributed by atoms with Crippen LogP contribution < -0.4 is 15.0 Å². The van der Waals surface area contributed by atoms with Gasteiger partial charge < -0.3 is 24.6 Å². The van der Waals surface area contributed by atoms with Crippen LogP contribution in [-0.2, 0) is 35.5 Å². The highest BCUT2D eigenvalue weighted by molar-refractivity contribution is 6.31. The fourth-order valence-corrected chi connectivity index (χ4v) is 9.22. The molecule has 310 valence electrons. The number of halogens is 1. The van der Waals surface area contributed by atoms with Crippen molar-refractivity contribution in [2.24, 2.45) is 0 Å². The van der Waals surface area contributed by atoms with Crippen LogP contribution in [0.15, 0.2) is 72.8 Å². The molecule has 13 nitrogen and oxygen atoms in total. The summed E-state index contributed by atoms with van der Waals surface area (Å²) >= 11 is 6.15. The highest BCUT2D eigenvalue weighted by Gasteiger charge is 2.38. The van der Waals surface area contributed by atoms with Crippen molar-refractivity contribution in [1.82, 2.24) is 30.2 Å². The van der Waals surface area contributed by atoms with Crippen molar-refractivity contribution >= 4 is 34.9 Å². The number of fused-ring (bicyclic) bond motifs is 2. The van der Waals surface area contributed by atoms with Crippen molar-refractivity contribution in [3.05, 3.63) is 117 Å². The van der Waals surface area contributed by atoms with Crippen molar-refractivity contribution in [2.45, 2.75) is 102 Å². The molecule has 0 radical (unpaired) electrons. The summed E-state index contributed by atoms with van der Waals surface area (Å²) in [6.07, 6.45) is 7.66. The maximum Gasteiger partial charge on any atom is 0.272 e. The van der Waals surface area contributed by atoms with Crippen LogP contribution in [-0.4, -0.2) is 68.0 Å². The number of amides is 2. The number of carbonyl (C=O) groups excluding carboxylic acids is 2. The second-order valence-corrected chi connectivity index (χ2v) is 16.9. The van der Waals surface area contributed by atoms with E-state index >= 15 is 0 Å². The molecule has 4 aliphatic rings. The van der Waals surface area contributed by atoms with E-state index < -0.39 is 0 Å². The molecule has 0 unspecified atom stereocenters. The lowest BCUT2D eigenvalue weighted by molar-refractivity contribution is -0.129. The number of benzene rings is 3. The molecular weight excluding hydrogens is 790 g/mol. The first-order chi connectivity index (χ1) is 29.7. The van der Waals surface area contributed by atoms with Crippen LogP contribution in [0.3, 0.4) is 0 Å². The topological polar surface area (TPSA) is 162 Å². The van der Waals surface area contributed by atoms with Gasteiger partial charge in [0.05, 0.1) is 59.3 Å². The third kappa shape index (κ3) is 8.54. The molecule has 2 aromatic heterocycles. The van der Waals surface area contributed by atoms with E-state index in [0.29, 0.717) is 47.3 Å². The Morgan fingerprint density at radius 3 is 2.44 bits per heavy atom. The summed E-state index contributed by atoms with van der Waals surface area (Å²) in [6.45, 7) is 4.20. The van der Waals surface area contributed by atoms with Crippen LogP contribution >= 0.6 is 11.6 Å². The van der Waals surface area contributed by atoms with Gasteiger partial charge in [-0.15, -0.1) is 10.2 Å². The molecule has 2 aliphatic heterocycles. The second kappa shape index (κ2) is 17.4. The van der Waals surface area contributed by atoms with E-state index in [1.54, 1.807) is 31.2 Å². The van der Waals surface area contributed by atoms with Crippen molar-refractivity contribution in [2.75, 3.05) is 18.0 Å². The first-order valence-corrected chi connectivity index (χ1v) is 21.5. The number of carbonyl (C=O) groups is 2. The first-order valence-electron chi connectivity index (χ1n) is 21.1. The van der Waals surface area contributed by atoms with E-state index in [0.717, 1.165) is 98.1 Å². The summed E-state index contributed by atoms with van der Waals surface area (Å²) in [6, 6.07) is 27.2. The van der Waals surface area contributed by atoms with E-state index in [2.05, 4.69) is 37.2 Å². The summed E-state index contributed by atoms with van der Waals surface area (Å²) < 4.78 is 14.7. The first kappa shape index (κ1) is 40.1. The van der Waals surface area contributed by atoms with Gasteiger partial charge in [-0.1, -0.05) is 35.9 Å². The maximum atomic E-state index is 13.0. The van der Waals surface area contributed by atoms with E-state index in [1.165, 1.54) is 5.69 Å². The molecule has 3 aromatic carbocycles. The molecule has 2 aliphatic carbocycles. The van der Waals surface area contributed by atoms with E-state index in [1.807, 2.05) is 53.4 Å². The zero-order valence-corrected chi connectivity index (χ0v) is 34.8. The van der Waals surface area contributed by atoms with E-state index in [-0.39, 0.29) is 41.8 Å². The zero-order valence-electron chi connectivity index (χ0n) is 34.0. The number of anilines is 2. The van der Waals surface area contributed by atoms with Gasteiger partial charge >= 0.3 is 0 Å². The molecule has 0 spiro atoms. The summed E-state index contributed by atoms with van der Waals surface area (Å²) in [5.74, 6) is 1.39. The lowest BCUT2D eigenvalue weighted by Crippen LogP contribution is -2.40. The highest BCUT2D eigenvalue weighted by Crippen LogP contribution is 2.42. The van der Waals surface area contributed by atoms with Crippen LogP contribution in [0.1, 0.15) is 102 Å². The number of nitriles is 2. The quantitative estimate of drug-likeness (QED) is 0.147. The zero-order chi connectivity index (χ0) is 42.0. The summed E-state index contributed by atoms with van der Waals surface area (Å²) in [4.78, 5) is 29.7. The van der Waals surface area contributed by atoms with Gasteiger partial charge in [-0.05, 0) is 105 Å². The molecule has 5 aromatic rings. The Kier molecular flexibility index (Phi) is 11.4. The van der Waals surface area contributed by atoms with Crippen molar-refractivity contribution < 1.29 is 19.1 Å². The number of nitrogens with one attached hydrogen (secondary N) is 1. The number of nitrogens with zero attached hydrogens (tertiary/aromatic N) is 8. The lowest BCUT2D eigenvalue weighted by atomic mass is 9.88. The second-order valence-electron chi connectivity index (χ2n) is 16.5. The minimum absolute atomic E-state index is 0.0156. The SMILES string of the molecule is CC(=O)N1CCc2c(c(N3CCCc4cc(C#N)ccc43)nn2C2CC(OCc3ccc(-c4ccc(C(=O)NC5CCC(Oc6ccc(C#N)c(Cl)c6)CC5)nn4)cc3)C2)C1. The largest absolute Gasteiger partial charge is 0.490 e. The average Bonchev–Trinajstić information content (AvgIpc) is 3.64. The molecule has 2 saturated carbocycles. The van der Waals surface area contributed by atoms with Gasteiger partial charge in [-0.2, -0.15) is 15.6 Å². The molecule has 1 N–H and O–H groups in total. The number of hydrogen-bond donors (Lipinski definition) is 1. The number of aryl methyl sites for hydroxylation is 1. The Morgan fingerprint density at radius 2 is 1.72 bits per heavy atom. The van der Waals surface area contributed by atoms with Gasteiger partial charge in [0.15, 0.2) is 11.5 Å². The van der Waals surface area contributed by atoms with Crippen LogP contribution in [0, 0.1) is 22.7 Å². The Balaban J connectivity index is 0.763. The average molecular weight is 836 g/mol. The third-order valence-electron chi connectivity index (χ3n) is 12.5. The Hall–Kier alpha value is -6.28. The third-order valence-corrected chi connectivity index (χ3v) is 12.8. The van der Waals surface area contributed by atoms with E-state index in [4.69, 9.17) is 31.4 Å². The summed E-state index contributed by atoms with van der Waals surface area (Å²) in [7, 11) is 0. The number of hydrogen-bond acceptors (Lipinski definition) is 10. The number of ether oxygens (including phenoxy) is 2. The van der Waals surface area contributed by atoms with Gasteiger partial charge in [-0.3, -0.25) is 14.3 Å². The smallest absolute Gasteiger partial charge is 0.272 e. The Labute approximate surface area is 359 Å². The van der Waals surface area contributed by atoms with Crippen LogP contribution in [0.5, 0.6) is 5.75 Å². The predicted molar refractivity (Wildman–Crippen MR) is 228 cm³/mol. The van der Waals surface area contributed by atoms with Gasteiger partial charge in [0.25, 0.3) is 5.91 Å². The molecule has 2 fully saturated rings. The molecule has 0 saturated heterocycles. The molecule has 0 bridgehead atoms. The van der Waals surface area contributed by atoms with Gasteiger partial charge in [-0.25, -0.2) is 0 Å². The molecule has 61 heavy (non-hydrogen) atoms. The number of rotatable bonds is 10. The standard InChI is InChI=1S/C47H46ClN9O4/c1-29(58)55-20-18-45-40(27-55)46(56-19-2-3-33-21-31(25-49)6-17-44(33)56)54-57(45)36-22-39(23-36)60-28-30-4-7-32(8-5-30)42-15-16-43(53-52-42)47(59)51-35-10-13-37(14-11-35)61-38-12-9-34(26-50)41(48)24-38/h4-9,12,15-17,21,24,35-37,39H,2-3,10-11,13-14,18-20,22-23,27-28H2,1H3,(H,51,59). The normalized spacial score (nSPS) is 20.7. The van der Waals surface area contributed by atoms with Crippen molar-refractivity contribution in [3.8, 4) is 29.1 Å². The van der Waals surface area contributed by atoms with Gasteiger partial charge in [0, 0.05) is 61.1 Å².